The van der Waals surface area contributed by atoms with Gasteiger partial charge in [0.2, 0.25) is 0 Å². The molecule has 0 radical (unpaired) electrons. The van der Waals surface area contributed by atoms with E-state index in [0.29, 0.717) is 5.92 Å². The highest BCUT2D eigenvalue weighted by atomic mass is 19.1. The Morgan fingerprint density at radius 3 is 2.31 bits per heavy atom. The van der Waals surface area contributed by atoms with Gasteiger partial charge in [-0.05, 0) is 42.9 Å². The third kappa shape index (κ3) is 2.09. The van der Waals surface area contributed by atoms with Gasteiger partial charge in [0.1, 0.15) is 5.82 Å². The standard InChI is InChI=1S/C12H17F/c1-4-10(5-2)12-9(3)7-6-8-11(12)13/h6-8,10H,4-5H2,1-3H3. The van der Waals surface area contributed by atoms with E-state index in [9.17, 15) is 4.39 Å². The average molecular weight is 180 g/mol. The molecule has 72 valence electrons. The number of halogens is 1. The average Bonchev–Trinajstić information content (AvgIpc) is 2.11. The zero-order valence-electron chi connectivity index (χ0n) is 8.60. The van der Waals surface area contributed by atoms with Crippen LogP contribution in [-0.2, 0) is 0 Å². The van der Waals surface area contributed by atoms with Gasteiger partial charge in [0.15, 0.2) is 0 Å². The van der Waals surface area contributed by atoms with E-state index in [1.165, 1.54) is 0 Å². The lowest BCUT2D eigenvalue weighted by Crippen LogP contribution is -2.01. The SMILES string of the molecule is CCC(CC)c1c(C)cccc1F. The minimum Gasteiger partial charge on any atom is -0.207 e. The monoisotopic (exact) mass is 180 g/mol. The molecule has 0 aliphatic carbocycles. The zero-order valence-corrected chi connectivity index (χ0v) is 8.60. The number of benzene rings is 1. The Labute approximate surface area is 79.8 Å². The summed E-state index contributed by atoms with van der Waals surface area (Å²) in [4.78, 5) is 0. The largest absolute Gasteiger partial charge is 0.207 e. The van der Waals surface area contributed by atoms with Crippen molar-refractivity contribution in [2.24, 2.45) is 0 Å². The molecule has 1 rings (SSSR count). The first-order valence-electron chi connectivity index (χ1n) is 4.95. The molecule has 0 aromatic heterocycles. The summed E-state index contributed by atoms with van der Waals surface area (Å²) in [6, 6.07) is 5.31. The van der Waals surface area contributed by atoms with Gasteiger partial charge in [-0.25, -0.2) is 4.39 Å². The lowest BCUT2D eigenvalue weighted by molar-refractivity contribution is 0.555. The van der Waals surface area contributed by atoms with Crippen LogP contribution in [0.5, 0.6) is 0 Å². The molecule has 1 aromatic rings. The van der Waals surface area contributed by atoms with E-state index in [0.717, 1.165) is 24.0 Å². The van der Waals surface area contributed by atoms with E-state index >= 15 is 0 Å². The van der Waals surface area contributed by atoms with Crippen molar-refractivity contribution in [3.63, 3.8) is 0 Å². The zero-order chi connectivity index (χ0) is 9.84. The number of hydrogen-bond donors (Lipinski definition) is 0. The Balaban J connectivity index is 3.10. The molecule has 1 aromatic carbocycles. The Bertz CT molecular complexity index is 254. The van der Waals surface area contributed by atoms with Crippen molar-refractivity contribution in [3.05, 3.63) is 35.1 Å². The van der Waals surface area contributed by atoms with Crippen LogP contribution in [0.3, 0.4) is 0 Å². The first-order chi connectivity index (χ1) is 6.20. The third-order valence-corrected chi connectivity index (χ3v) is 2.66. The maximum Gasteiger partial charge on any atom is 0.126 e. The summed E-state index contributed by atoms with van der Waals surface area (Å²) in [5.41, 5.74) is 1.99. The summed E-state index contributed by atoms with van der Waals surface area (Å²) in [7, 11) is 0. The van der Waals surface area contributed by atoms with E-state index < -0.39 is 0 Å². The Morgan fingerprint density at radius 1 is 1.23 bits per heavy atom. The second kappa shape index (κ2) is 4.40. The smallest absolute Gasteiger partial charge is 0.126 e. The topological polar surface area (TPSA) is 0 Å². The third-order valence-electron chi connectivity index (χ3n) is 2.66. The fourth-order valence-corrected chi connectivity index (χ4v) is 1.86. The highest BCUT2D eigenvalue weighted by Crippen LogP contribution is 2.28. The van der Waals surface area contributed by atoms with Crippen LogP contribution >= 0.6 is 0 Å². The predicted octanol–water partition coefficient (Wildman–Crippen LogP) is 4.04. The molecule has 0 atom stereocenters. The number of hydrogen-bond acceptors (Lipinski definition) is 0. The van der Waals surface area contributed by atoms with E-state index in [-0.39, 0.29) is 5.82 Å². The Morgan fingerprint density at radius 2 is 1.85 bits per heavy atom. The molecule has 0 heterocycles. The number of rotatable bonds is 3. The molecule has 0 nitrogen and oxygen atoms in total. The van der Waals surface area contributed by atoms with Crippen LogP contribution in [0.2, 0.25) is 0 Å². The molecular weight excluding hydrogens is 163 g/mol. The van der Waals surface area contributed by atoms with Crippen LogP contribution in [-0.4, -0.2) is 0 Å². The molecular formula is C12H17F. The second-order valence-electron chi connectivity index (χ2n) is 3.48. The van der Waals surface area contributed by atoms with Crippen LogP contribution in [0.4, 0.5) is 4.39 Å². The lowest BCUT2D eigenvalue weighted by Gasteiger charge is -2.16. The molecule has 0 aliphatic heterocycles. The predicted molar refractivity (Wildman–Crippen MR) is 54.5 cm³/mol. The molecule has 1 heteroatoms. The van der Waals surface area contributed by atoms with Gasteiger partial charge >= 0.3 is 0 Å². The van der Waals surface area contributed by atoms with Crippen LogP contribution in [0, 0.1) is 12.7 Å². The van der Waals surface area contributed by atoms with Gasteiger partial charge in [-0.15, -0.1) is 0 Å². The van der Waals surface area contributed by atoms with Crippen LogP contribution in [0.25, 0.3) is 0 Å². The summed E-state index contributed by atoms with van der Waals surface area (Å²) < 4.78 is 13.5. The molecule has 0 spiro atoms. The summed E-state index contributed by atoms with van der Waals surface area (Å²) in [6.45, 7) is 6.21. The summed E-state index contributed by atoms with van der Waals surface area (Å²) in [5, 5.41) is 0. The van der Waals surface area contributed by atoms with Crippen molar-refractivity contribution in [1.29, 1.82) is 0 Å². The first-order valence-corrected chi connectivity index (χ1v) is 4.95. The van der Waals surface area contributed by atoms with E-state index in [1.54, 1.807) is 12.1 Å². The van der Waals surface area contributed by atoms with Crippen molar-refractivity contribution in [1.82, 2.24) is 0 Å². The fraction of sp³-hybridized carbons (Fsp3) is 0.500. The molecule has 0 saturated carbocycles. The maximum atomic E-state index is 13.5. The van der Waals surface area contributed by atoms with E-state index in [1.807, 2.05) is 13.0 Å². The van der Waals surface area contributed by atoms with Crippen molar-refractivity contribution >= 4 is 0 Å². The summed E-state index contributed by atoms with van der Waals surface area (Å²) in [6.07, 6.45) is 2.02. The minimum atomic E-state index is -0.0475. The highest BCUT2D eigenvalue weighted by molar-refractivity contribution is 5.30. The lowest BCUT2D eigenvalue weighted by atomic mass is 9.90. The van der Waals surface area contributed by atoms with Crippen molar-refractivity contribution in [3.8, 4) is 0 Å². The van der Waals surface area contributed by atoms with Crippen LogP contribution < -0.4 is 0 Å². The maximum absolute atomic E-state index is 13.5. The summed E-state index contributed by atoms with van der Waals surface area (Å²) >= 11 is 0. The molecule has 0 amide bonds. The van der Waals surface area contributed by atoms with Gasteiger partial charge in [-0.2, -0.15) is 0 Å². The van der Waals surface area contributed by atoms with Gasteiger partial charge < -0.3 is 0 Å². The second-order valence-corrected chi connectivity index (χ2v) is 3.48. The fourth-order valence-electron chi connectivity index (χ4n) is 1.86. The van der Waals surface area contributed by atoms with E-state index in [4.69, 9.17) is 0 Å². The van der Waals surface area contributed by atoms with Crippen molar-refractivity contribution in [2.75, 3.05) is 0 Å². The summed E-state index contributed by atoms with van der Waals surface area (Å²) in [5.74, 6) is 0.329. The van der Waals surface area contributed by atoms with Crippen LogP contribution in [0.1, 0.15) is 43.7 Å². The first kappa shape index (κ1) is 10.2. The molecule has 0 unspecified atom stereocenters. The molecule has 0 aliphatic rings. The van der Waals surface area contributed by atoms with Gasteiger partial charge in [0.25, 0.3) is 0 Å². The van der Waals surface area contributed by atoms with Gasteiger partial charge in [-0.1, -0.05) is 26.0 Å². The molecule has 0 saturated heterocycles. The minimum absolute atomic E-state index is 0.0475. The van der Waals surface area contributed by atoms with Gasteiger partial charge in [0.05, 0.1) is 0 Å². The molecule has 0 fully saturated rings. The Hall–Kier alpha value is -0.850. The Kier molecular flexibility index (Phi) is 3.47. The van der Waals surface area contributed by atoms with Crippen molar-refractivity contribution in [2.45, 2.75) is 39.5 Å². The molecule has 0 bridgehead atoms. The van der Waals surface area contributed by atoms with Crippen molar-refractivity contribution < 1.29 is 4.39 Å². The van der Waals surface area contributed by atoms with Gasteiger partial charge in [-0.3, -0.25) is 0 Å². The van der Waals surface area contributed by atoms with Crippen LogP contribution in [0.15, 0.2) is 18.2 Å². The normalized spacial score (nSPS) is 10.8. The number of aryl methyl sites for hydroxylation is 1. The van der Waals surface area contributed by atoms with Gasteiger partial charge in [0, 0.05) is 0 Å². The van der Waals surface area contributed by atoms with E-state index in [2.05, 4.69) is 13.8 Å². The quantitative estimate of drug-likeness (QED) is 0.658. The molecule has 0 N–H and O–H groups in total. The highest BCUT2D eigenvalue weighted by Gasteiger charge is 2.13. The molecule has 13 heavy (non-hydrogen) atoms.